The molecule has 2 aliphatic heterocycles. The van der Waals surface area contributed by atoms with Crippen molar-refractivity contribution < 1.29 is 46.3 Å². The van der Waals surface area contributed by atoms with E-state index in [1.807, 2.05) is 12.2 Å². The van der Waals surface area contributed by atoms with Crippen molar-refractivity contribution >= 4 is 39.9 Å². The standard InChI is InChI=1S/C36H50FN5O9S/c1-35(2,3)51-33(46)39-28(14-9-7-5-6-8-11-22-17-25(22)31(44)40-52(48,49)36(4)15-16-36)32(45)42-20-24(18-29(42)30(38)43)50-34(47)41-19-23-12-10-13-27(37)26(23)21-41/h8,10-13,22,24-25,28-29H,5-7,9,14-21H2,1-4H3,(H2,38,43)(H,39,46)(H,40,44). The molecule has 4 aliphatic rings. The molecule has 16 heteroatoms. The number of carbonyl (C=O) groups excluding carboxylic acids is 5. The molecule has 2 saturated carbocycles. The molecule has 2 heterocycles. The van der Waals surface area contributed by atoms with Crippen LogP contribution in [0.3, 0.4) is 0 Å². The summed E-state index contributed by atoms with van der Waals surface area (Å²) in [6.45, 7) is 6.81. The van der Waals surface area contributed by atoms with E-state index >= 15 is 0 Å². The van der Waals surface area contributed by atoms with E-state index in [0.717, 1.165) is 6.42 Å². The van der Waals surface area contributed by atoms with E-state index in [2.05, 4.69) is 10.0 Å². The Morgan fingerprint density at radius 2 is 1.83 bits per heavy atom. The predicted molar refractivity (Wildman–Crippen MR) is 187 cm³/mol. The molecule has 0 bridgehead atoms. The lowest BCUT2D eigenvalue weighted by molar-refractivity contribution is -0.139. The topological polar surface area (TPSA) is 195 Å². The monoisotopic (exact) mass is 747 g/mol. The van der Waals surface area contributed by atoms with Gasteiger partial charge in [-0.3, -0.25) is 24.0 Å². The van der Waals surface area contributed by atoms with Crippen molar-refractivity contribution in [3.63, 3.8) is 0 Å². The van der Waals surface area contributed by atoms with Crippen molar-refractivity contribution in [1.29, 1.82) is 0 Å². The zero-order valence-corrected chi connectivity index (χ0v) is 31.0. The van der Waals surface area contributed by atoms with Crippen molar-refractivity contribution in [2.75, 3.05) is 6.54 Å². The van der Waals surface area contributed by atoms with Crippen LogP contribution in [-0.2, 0) is 47.0 Å². The fourth-order valence-electron chi connectivity index (χ4n) is 6.59. The fraction of sp³-hybridized carbons (Fsp3) is 0.639. The lowest BCUT2D eigenvalue weighted by Gasteiger charge is -2.28. The van der Waals surface area contributed by atoms with Crippen LogP contribution in [0.15, 0.2) is 30.4 Å². The second-order valence-electron chi connectivity index (χ2n) is 15.6. The fourth-order valence-corrected chi connectivity index (χ4v) is 7.90. The van der Waals surface area contributed by atoms with Gasteiger partial charge in [-0.05, 0) is 83.8 Å². The largest absolute Gasteiger partial charge is 0.444 e. The molecule has 2 aliphatic carbocycles. The molecule has 5 amide bonds. The van der Waals surface area contributed by atoms with Gasteiger partial charge < -0.3 is 25.4 Å². The first kappa shape index (κ1) is 39.0. The third-order valence-electron chi connectivity index (χ3n) is 10.1. The quantitative estimate of drug-likeness (QED) is 0.188. The molecule has 1 saturated heterocycles. The van der Waals surface area contributed by atoms with Crippen LogP contribution >= 0.6 is 0 Å². The molecule has 14 nitrogen and oxygen atoms in total. The summed E-state index contributed by atoms with van der Waals surface area (Å²) in [4.78, 5) is 67.1. The summed E-state index contributed by atoms with van der Waals surface area (Å²) < 4.78 is 51.4. The highest BCUT2D eigenvalue weighted by Gasteiger charge is 2.52. The van der Waals surface area contributed by atoms with E-state index in [4.69, 9.17) is 15.2 Å². The van der Waals surface area contributed by atoms with Gasteiger partial charge in [0.1, 0.15) is 29.6 Å². The van der Waals surface area contributed by atoms with Crippen LogP contribution in [0.1, 0.15) is 96.6 Å². The number of nitrogens with one attached hydrogen (secondary N) is 2. The Morgan fingerprint density at radius 3 is 2.48 bits per heavy atom. The van der Waals surface area contributed by atoms with E-state index in [0.29, 0.717) is 49.7 Å². The second kappa shape index (κ2) is 15.4. The molecule has 286 valence electrons. The number of amides is 5. The highest BCUT2D eigenvalue weighted by atomic mass is 32.2. The van der Waals surface area contributed by atoms with Crippen molar-refractivity contribution in [2.45, 2.75) is 127 Å². The predicted octanol–water partition coefficient (Wildman–Crippen LogP) is 3.77. The molecule has 0 spiro atoms. The minimum atomic E-state index is -3.65. The first-order valence-corrected chi connectivity index (χ1v) is 19.4. The summed E-state index contributed by atoms with van der Waals surface area (Å²) >= 11 is 0. The zero-order chi connectivity index (χ0) is 38.0. The van der Waals surface area contributed by atoms with E-state index in [-0.39, 0.29) is 44.3 Å². The number of carbonyl (C=O) groups is 5. The zero-order valence-electron chi connectivity index (χ0n) is 30.2. The van der Waals surface area contributed by atoms with E-state index in [1.54, 1.807) is 39.8 Å². The molecule has 1 aromatic rings. The van der Waals surface area contributed by atoms with Crippen LogP contribution in [0, 0.1) is 17.7 Å². The molecule has 52 heavy (non-hydrogen) atoms. The van der Waals surface area contributed by atoms with Crippen LogP contribution in [0.25, 0.3) is 0 Å². The van der Waals surface area contributed by atoms with Crippen molar-refractivity contribution in [2.24, 2.45) is 17.6 Å². The van der Waals surface area contributed by atoms with Gasteiger partial charge in [0.15, 0.2) is 0 Å². The lowest BCUT2D eigenvalue weighted by Crippen LogP contribution is -2.53. The number of allylic oxidation sites excluding steroid dienone is 2. The van der Waals surface area contributed by atoms with Gasteiger partial charge in [-0.2, -0.15) is 0 Å². The summed E-state index contributed by atoms with van der Waals surface area (Å²) in [5.74, 6) is -2.55. The molecule has 0 aromatic heterocycles. The van der Waals surface area contributed by atoms with E-state index in [9.17, 15) is 36.8 Å². The van der Waals surface area contributed by atoms with Crippen molar-refractivity contribution in [3.05, 3.63) is 47.3 Å². The number of likely N-dealkylation sites (tertiary alicyclic amines) is 1. The molecular weight excluding hydrogens is 697 g/mol. The number of benzene rings is 1. The number of sulfonamides is 1. The van der Waals surface area contributed by atoms with E-state index < -0.39 is 74.3 Å². The van der Waals surface area contributed by atoms with Crippen molar-refractivity contribution in [3.8, 4) is 0 Å². The number of ether oxygens (including phenoxy) is 2. The Labute approximate surface area is 304 Å². The molecule has 3 fully saturated rings. The number of fused-ring (bicyclic) bond motifs is 1. The summed E-state index contributed by atoms with van der Waals surface area (Å²) in [7, 11) is -3.65. The molecule has 5 unspecified atom stereocenters. The Balaban J connectivity index is 1.11. The van der Waals surface area contributed by atoms with E-state index in [1.165, 1.54) is 15.9 Å². The summed E-state index contributed by atoms with van der Waals surface area (Å²) in [5, 5.41) is 2.64. The van der Waals surface area contributed by atoms with Crippen molar-refractivity contribution in [1.82, 2.24) is 19.8 Å². The average Bonchev–Trinajstić information content (AvgIpc) is 3.90. The summed E-state index contributed by atoms with van der Waals surface area (Å²) in [5.41, 5.74) is 5.94. The number of halogens is 1. The highest BCUT2D eigenvalue weighted by molar-refractivity contribution is 7.91. The Morgan fingerprint density at radius 1 is 1.10 bits per heavy atom. The van der Waals surface area contributed by atoms with Gasteiger partial charge >= 0.3 is 12.2 Å². The third kappa shape index (κ3) is 9.61. The number of rotatable bonds is 14. The third-order valence-corrected chi connectivity index (χ3v) is 12.3. The maximum atomic E-state index is 14.2. The molecule has 5 rings (SSSR count). The van der Waals surface area contributed by atoms with Crippen LogP contribution < -0.4 is 15.8 Å². The Kier molecular flexibility index (Phi) is 11.6. The molecule has 1 aromatic carbocycles. The summed E-state index contributed by atoms with van der Waals surface area (Å²) in [6, 6.07) is 2.52. The SMILES string of the molecule is CC(C)(C)OC(=O)NC(CCCCCC=CC1CC1C(=O)NS(=O)(=O)C1(C)CC1)C(=O)N1CC(OC(=O)N2Cc3cccc(F)c3C2)CC1C(N)=O. The Hall–Kier alpha value is -4.21. The maximum absolute atomic E-state index is 14.2. The smallest absolute Gasteiger partial charge is 0.410 e. The van der Waals surface area contributed by atoms with Gasteiger partial charge in [0.05, 0.1) is 17.8 Å². The van der Waals surface area contributed by atoms with Gasteiger partial charge in [0.2, 0.25) is 27.7 Å². The minimum Gasteiger partial charge on any atom is -0.444 e. The summed E-state index contributed by atoms with van der Waals surface area (Å²) in [6.07, 6.45) is 6.20. The minimum absolute atomic E-state index is 0.00125. The normalized spacial score (nSPS) is 23.9. The van der Waals surface area contributed by atoms with Crippen LogP contribution in [0.4, 0.5) is 14.0 Å². The highest BCUT2D eigenvalue weighted by Crippen LogP contribution is 2.44. The van der Waals surface area contributed by atoms with Crippen LogP contribution in [-0.4, -0.2) is 83.2 Å². The lowest BCUT2D eigenvalue weighted by atomic mass is 10.0. The van der Waals surface area contributed by atoms with Gasteiger partial charge in [-0.1, -0.05) is 37.1 Å². The molecule has 5 atom stereocenters. The molecule has 4 N–H and O–H groups in total. The first-order chi connectivity index (χ1) is 24.4. The van der Waals surface area contributed by atoms with Gasteiger partial charge in [-0.15, -0.1) is 0 Å². The first-order valence-electron chi connectivity index (χ1n) is 17.9. The van der Waals surface area contributed by atoms with Crippen LogP contribution in [0.5, 0.6) is 0 Å². The van der Waals surface area contributed by atoms with Gasteiger partial charge in [0.25, 0.3) is 0 Å². The second-order valence-corrected chi connectivity index (χ2v) is 17.8. The number of hydrogen-bond acceptors (Lipinski definition) is 9. The number of hydrogen-bond donors (Lipinski definition) is 3. The molecular formula is C36H50FN5O9S. The maximum Gasteiger partial charge on any atom is 0.410 e. The Bertz CT molecular complexity index is 1710. The number of primary amides is 1. The van der Waals surface area contributed by atoms with Gasteiger partial charge in [0, 0.05) is 24.4 Å². The molecule has 0 radical (unpaired) electrons. The van der Waals surface area contributed by atoms with Crippen LogP contribution in [0.2, 0.25) is 0 Å². The number of alkyl carbamates (subject to hydrolysis) is 1. The number of unbranched alkanes of at least 4 members (excludes halogenated alkanes) is 3. The number of nitrogens with zero attached hydrogens (tertiary/aromatic N) is 2. The average molecular weight is 748 g/mol. The number of nitrogens with two attached hydrogens (primary N) is 1. The van der Waals surface area contributed by atoms with Gasteiger partial charge in [-0.25, -0.2) is 22.4 Å².